The molecule has 1 aliphatic carbocycles. The molecule has 0 aliphatic heterocycles. The quantitative estimate of drug-likeness (QED) is 0.313. The topological polar surface area (TPSA) is 138 Å². The first-order valence-electron chi connectivity index (χ1n) is 8.30. The number of nitro benzene ring substituents is 1. The van der Waals surface area contributed by atoms with E-state index >= 15 is 0 Å². The summed E-state index contributed by atoms with van der Waals surface area (Å²) >= 11 is 0. The first kappa shape index (κ1) is 18.6. The van der Waals surface area contributed by atoms with Gasteiger partial charge in [-0.2, -0.15) is 0 Å². The Balaban J connectivity index is 2.20. The van der Waals surface area contributed by atoms with Gasteiger partial charge in [-0.25, -0.2) is 0 Å². The predicted molar refractivity (Wildman–Crippen MR) is 95.3 cm³/mol. The van der Waals surface area contributed by atoms with Gasteiger partial charge in [-0.15, -0.1) is 0 Å². The van der Waals surface area contributed by atoms with Crippen LogP contribution in [0.4, 0.5) is 5.69 Å². The number of nitrogens with zero attached hydrogens (tertiary/aromatic N) is 1. The summed E-state index contributed by atoms with van der Waals surface area (Å²) < 4.78 is 5.15. The SMILES string of the molecule is C=CCOC(=O)[C@@H]1[C@H](c2cccc([N+](=O)[O-])c2)c2c([nH][nH]c2=O)C[C@]1(C)O. The minimum Gasteiger partial charge on any atom is -0.461 e. The highest BCUT2D eigenvalue weighted by Gasteiger charge is 2.51. The molecular weight excluding hydrogens is 354 g/mol. The molecule has 3 N–H and O–H groups in total. The number of carbonyl (C=O) groups excluding carboxylic acids is 1. The van der Waals surface area contributed by atoms with Crippen LogP contribution in [-0.4, -0.2) is 38.4 Å². The van der Waals surface area contributed by atoms with E-state index in [0.717, 1.165) is 0 Å². The van der Waals surface area contributed by atoms with Gasteiger partial charge in [-0.05, 0) is 12.5 Å². The summed E-state index contributed by atoms with van der Waals surface area (Å²) in [4.78, 5) is 35.7. The van der Waals surface area contributed by atoms with Crippen LogP contribution < -0.4 is 5.56 Å². The average molecular weight is 373 g/mol. The van der Waals surface area contributed by atoms with Crippen LogP contribution in [0, 0.1) is 16.0 Å². The zero-order chi connectivity index (χ0) is 19.8. The lowest BCUT2D eigenvalue weighted by Crippen LogP contribution is -2.50. The number of fused-ring (bicyclic) bond motifs is 1. The van der Waals surface area contributed by atoms with E-state index in [-0.39, 0.29) is 24.3 Å². The Hall–Kier alpha value is -3.20. The highest BCUT2D eigenvalue weighted by molar-refractivity contribution is 5.77. The van der Waals surface area contributed by atoms with Crippen LogP contribution >= 0.6 is 0 Å². The molecule has 1 aromatic heterocycles. The first-order chi connectivity index (χ1) is 12.8. The molecule has 0 bridgehead atoms. The zero-order valence-corrected chi connectivity index (χ0v) is 14.6. The summed E-state index contributed by atoms with van der Waals surface area (Å²) in [7, 11) is 0. The summed E-state index contributed by atoms with van der Waals surface area (Å²) in [5, 5.41) is 27.3. The van der Waals surface area contributed by atoms with Gasteiger partial charge in [0.1, 0.15) is 6.61 Å². The van der Waals surface area contributed by atoms with Crippen molar-refractivity contribution in [1.82, 2.24) is 10.2 Å². The largest absolute Gasteiger partial charge is 0.461 e. The van der Waals surface area contributed by atoms with Crippen molar-refractivity contribution < 1.29 is 19.6 Å². The minimum absolute atomic E-state index is 0.0281. The number of carbonyl (C=O) groups is 1. The van der Waals surface area contributed by atoms with Crippen LogP contribution in [0.3, 0.4) is 0 Å². The van der Waals surface area contributed by atoms with Crippen LogP contribution in [0.25, 0.3) is 0 Å². The molecule has 0 unspecified atom stereocenters. The Kier molecular flexibility index (Phi) is 4.71. The van der Waals surface area contributed by atoms with Crippen molar-refractivity contribution in [3.05, 3.63) is 74.2 Å². The number of esters is 1. The third-order valence-electron chi connectivity index (χ3n) is 4.78. The Morgan fingerprint density at radius 1 is 1.52 bits per heavy atom. The smallest absolute Gasteiger partial charge is 0.313 e. The van der Waals surface area contributed by atoms with E-state index in [1.54, 1.807) is 6.07 Å². The van der Waals surface area contributed by atoms with E-state index < -0.39 is 33.9 Å². The van der Waals surface area contributed by atoms with Gasteiger partial charge < -0.3 is 14.9 Å². The van der Waals surface area contributed by atoms with E-state index in [2.05, 4.69) is 16.8 Å². The Morgan fingerprint density at radius 2 is 2.26 bits per heavy atom. The van der Waals surface area contributed by atoms with Crippen molar-refractivity contribution in [3.8, 4) is 0 Å². The molecule has 9 heteroatoms. The maximum absolute atomic E-state index is 12.7. The van der Waals surface area contributed by atoms with Crippen molar-refractivity contribution in [2.45, 2.75) is 24.9 Å². The zero-order valence-electron chi connectivity index (χ0n) is 14.6. The summed E-state index contributed by atoms with van der Waals surface area (Å²) in [6.07, 6.45) is 1.42. The number of aromatic nitrogens is 2. The van der Waals surface area contributed by atoms with E-state index in [1.165, 1.54) is 31.2 Å². The van der Waals surface area contributed by atoms with E-state index in [4.69, 9.17) is 4.74 Å². The summed E-state index contributed by atoms with van der Waals surface area (Å²) in [6, 6.07) is 5.68. The van der Waals surface area contributed by atoms with Crippen molar-refractivity contribution in [3.63, 3.8) is 0 Å². The van der Waals surface area contributed by atoms with Gasteiger partial charge in [0.25, 0.3) is 11.2 Å². The van der Waals surface area contributed by atoms with E-state index in [9.17, 15) is 24.8 Å². The predicted octanol–water partition coefficient (Wildman–Crippen LogP) is 1.40. The van der Waals surface area contributed by atoms with Crippen LogP contribution in [0.15, 0.2) is 41.7 Å². The number of hydrogen-bond acceptors (Lipinski definition) is 6. The number of hydrogen-bond donors (Lipinski definition) is 3. The Morgan fingerprint density at radius 3 is 2.93 bits per heavy atom. The molecule has 3 atom stereocenters. The second-order valence-corrected chi connectivity index (χ2v) is 6.73. The number of H-pyrrole nitrogens is 2. The molecule has 1 aliphatic rings. The fourth-order valence-electron chi connectivity index (χ4n) is 3.68. The van der Waals surface area contributed by atoms with Gasteiger partial charge in [0, 0.05) is 35.7 Å². The van der Waals surface area contributed by atoms with Gasteiger partial charge in [-0.3, -0.25) is 24.8 Å². The molecule has 0 saturated carbocycles. The monoisotopic (exact) mass is 373 g/mol. The summed E-state index contributed by atoms with van der Waals surface area (Å²) in [6.45, 7) is 4.91. The highest BCUT2D eigenvalue weighted by atomic mass is 16.6. The van der Waals surface area contributed by atoms with E-state index in [0.29, 0.717) is 11.3 Å². The van der Waals surface area contributed by atoms with Gasteiger partial charge in [0.05, 0.1) is 16.4 Å². The first-order valence-corrected chi connectivity index (χ1v) is 8.30. The number of aliphatic hydroxyl groups is 1. The molecule has 9 nitrogen and oxygen atoms in total. The number of aromatic amines is 2. The summed E-state index contributed by atoms with van der Waals surface area (Å²) in [5.74, 6) is -2.73. The Bertz CT molecular complexity index is 958. The fraction of sp³-hybridized carbons (Fsp3) is 0.333. The average Bonchev–Trinajstić information content (AvgIpc) is 2.97. The number of nitro groups is 1. The maximum atomic E-state index is 12.7. The van der Waals surface area contributed by atoms with Gasteiger partial charge >= 0.3 is 5.97 Å². The molecule has 0 saturated heterocycles. The lowest BCUT2D eigenvalue weighted by Gasteiger charge is -2.40. The van der Waals surface area contributed by atoms with Crippen molar-refractivity contribution in [2.75, 3.05) is 6.61 Å². The van der Waals surface area contributed by atoms with Crippen molar-refractivity contribution >= 4 is 11.7 Å². The molecule has 27 heavy (non-hydrogen) atoms. The second kappa shape index (κ2) is 6.84. The lowest BCUT2D eigenvalue weighted by molar-refractivity contribution is -0.384. The number of rotatable bonds is 5. The lowest BCUT2D eigenvalue weighted by atomic mass is 9.66. The van der Waals surface area contributed by atoms with Crippen LogP contribution in [0.5, 0.6) is 0 Å². The standard InChI is InChI=1S/C18H19N3O6/c1-3-7-27-17(23)15-13(10-5-4-6-11(8-10)21(25)26)14-12(9-18(15,2)24)19-20-16(14)22/h3-6,8,13,15,24H,1,7,9H2,2H3,(H2,19,20,22)/t13-,15+,18+/m1/s1. The molecule has 2 aromatic rings. The van der Waals surface area contributed by atoms with E-state index in [1.807, 2.05) is 0 Å². The van der Waals surface area contributed by atoms with Crippen molar-refractivity contribution in [2.24, 2.45) is 5.92 Å². The number of nitrogens with one attached hydrogen (secondary N) is 2. The summed E-state index contributed by atoms with van der Waals surface area (Å²) in [5.41, 5.74) is -1.07. The molecule has 0 fully saturated rings. The Labute approximate surface area is 153 Å². The number of non-ortho nitro benzene ring substituents is 1. The van der Waals surface area contributed by atoms with Gasteiger partial charge in [0.15, 0.2) is 0 Å². The third kappa shape index (κ3) is 3.28. The highest BCUT2D eigenvalue weighted by Crippen LogP contribution is 2.45. The molecular formula is C18H19N3O6. The van der Waals surface area contributed by atoms with Gasteiger partial charge in [0.2, 0.25) is 0 Å². The molecule has 3 rings (SSSR count). The molecule has 0 spiro atoms. The van der Waals surface area contributed by atoms with Crippen LogP contribution in [0.2, 0.25) is 0 Å². The number of ether oxygens (including phenoxy) is 1. The molecule has 142 valence electrons. The van der Waals surface area contributed by atoms with Crippen molar-refractivity contribution in [1.29, 1.82) is 0 Å². The molecule has 1 heterocycles. The molecule has 1 aromatic carbocycles. The minimum atomic E-state index is -1.54. The fourth-order valence-corrected chi connectivity index (χ4v) is 3.68. The molecule has 0 amide bonds. The van der Waals surface area contributed by atoms with Crippen LogP contribution in [-0.2, 0) is 16.0 Å². The van der Waals surface area contributed by atoms with Gasteiger partial charge in [-0.1, -0.05) is 24.8 Å². The maximum Gasteiger partial charge on any atom is 0.313 e. The normalized spacial score (nSPS) is 24.1. The van der Waals surface area contributed by atoms with Crippen LogP contribution in [0.1, 0.15) is 29.7 Å². The second-order valence-electron chi connectivity index (χ2n) is 6.73. The molecule has 0 radical (unpaired) electrons. The third-order valence-corrected chi connectivity index (χ3v) is 4.78. The number of benzene rings is 1.